The van der Waals surface area contributed by atoms with Crippen molar-refractivity contribution in [3.63, 3.8) is 0 Å². The van der Waals surface area contributed by atoms with E-state index in [0.717, 1.165) is 0 Å². The van der Waals surface area contributed by atoms with E-state index in [1.54, 1.807) is 36.4 Å². The number of benzene rings is 2. The molecule has 2 rings (SSSR count). The van der Waals surface area contributed by atoms with E-state index in [9.17, 15) is 15.2 Å². The van der Waals surface area contributed by atoms with E-state index in [0.29, 0.717) is 0 Å². The van der Waals surface area contributed by atoms with Gasteiger partial charge < -0.3 is 9.84 Å². The van der Waals surface area contributed by atoms with Crippen molar-refractivity contribution in [3.05, 3.63) is 71.8 Å². The number of rotatable bonds is 5. The number of ether oxygens (including phenoxy) is 1. The van der Waals surface area contributed by atoms with Gasteiger partial charge in [0, 0.05) is 0 Å². The van der Waals surface area contributed by atoms with E-state index in [1.165, 1.54) is 37.3 Å². The molecule has 0 radical (unpaired) electrons. The molecule has 0 heterocycles. The van der Waals surface area contributed by atoms with E-state index in [-0.39, 0.29) is 17.7 Å². The molecule has 4 nitrogen and oxygen atoms in total. The fourth-order valence-electron chi connectivity index (χ4n) is 2.42. The number of nitrogens with zero attached hydrogens (tertiary/aromatic N) is 1. The molecular formula is C18H16FNO3. The summed E-state index contributed by atoms with van der Waals surface area (Å²) in [6.45, 7) is 1.43. The van der Waals surface area contributed by atoms with Crippen LogP contribution in [0.15, 0.2) is 60.7 Å². The smallest absolute Gasteiger partial charge is 0.357 e. The lowest BCUT2D eigenvalue weighted by atomic mass is 9.75. The zero-order valence-corrected chi connectivity index (χ0v) is 12.6. The normalized spacial score (nSPS) is 13.7. The molecule has 0 aliphatic rings. The molecule has 0 bridgehead atoms. The summed E-state index contributed by atoms with van der Waals surface area (Å²) < 4.78 is 20.8. The predicted molar refractivity (Wildman–Crippen MR) is 82.0 cm³/mol. The molecule has 0 saturated heterocycles. The average molecular weight is 313 g/mol. The molecule has 2 aromatic carbocycles. The molecule has 0 amide bonds. The number of alkyl halides is 1. The van der Waals surface area contributed by atoms with Gasteiger partial charge in [-0.1, -0.05) is 60.7 Å². The standard InChI is InChI=1S/C18H16FNO3/c1-2-23-16(21)17(22,13-20)18(19,14-9-5-3-6-10-14)15-11-7-4-8-12-15/h3-12,22H,2H2,1H3. The van der Waals surface area contributed by atoms with Gasteiger partial charge in [-0.15, -0.1) is 0 Å². The molecule has 1 atom stereocenters. The largest absolute Gasteiger partial charge is 0.463 e. The number of esters is 1. The van der Waals surface area contributed by atoms with Crippen LogP contribution in [0.25, 0.3) is 0 Å². The third-order valence-electron chi connectivity index (χ3n) is 3.57. The first-order valence-corrected chi connectivity index (χ1v) is 7.11. The molecule has 0 spiro atoms. The second-order valence-corrected chi connectivity index (χ2v) is 4.93. The SMILES string of the molecule is CCOC(=O)C(O)(C#N)C(F)(c1ccccc1)c1ccccc1. The molecule has 0 aromatic heterocycles. The first-order chi connectivity index (χ1) is 11.0. The topological polar surface area (TPSA) is 70.3 Å². The van der Waals surface area contributed by atoms with Crippen LogP contribution in [0.2, 0.25) is 0 Å². The van der Waals surface area contributed by atoms with E-state index >= 15 is 4.39 Å². The number of carbonyl (C=O) groups excluding carboxylic acids is 1. The van der Waals surface area contributed by atoms with Gasteiger partial charge in [-0.05, 0) is 18.1 Å². The van der Waals surface area contributed by atoms with Crippen molar-refractivity contribution in [2.45, 2.75) is 18.2 Å². The summed E-state index contributed by atoms with van der Waals surface area (Å²) in [5.41, 5.74) is -5.80. The van der Waals surface area contributed by atoms with Gasteiger partial charge in [0.15, 0.2) is 0 Å². The Morgan fingerprint density at radius 3 is 1.91 bits per heavy atom. The summed E-state index contributed by atoms with van der Waals surface area (Å²) in [6, 6.07) is 16.7. The highest BCUT2D eigenvalue weighted by atomic mass is 19.1. The fourth-order valence-corrected chi connectivity index (χ4v) is 2.42. The minimum absolute atomic E-state index is 0.0108. The third-order valence-corrected chi connectivity index (χ3v) is 3.57. The third kappa shape index (κ3) is 2.69. The van der Waals surface area contributed by atoms with Crippen molar-refractivity contribution in [2.24, 2.45) is 0 Å². The Labute approximate surface area is 133 Å². The molecule has 0 aliphatic heterocycles. The second-order valence-electron chi connectivity index (χ2n) is 4.93. The number of hydrogen-bond acceptors (Lipinski definition) is 4. The highest BCUT2D eigenvalue weighted by molar-refractivity contribution is 5.86. The summed E-state index contributed by atoms with van der Waals surface area (Å²) in [4.78, 5) is 12.2. The monoisotopic (exact) mass is 313 g/mol. The summed E-state index contributed by atoms with van der Waals surface area (Å²) in [7, 11) is 0. The van der Waals surface area contributed by atoms with E-state index in [1.807, 2.05) is 0 Å². The number of carbonyl (C=O) groups is 1. The van der Waals surface area contributed by atoms with Gasteiger partial charge in [-0.25, -0.2) is 9.18 Å². The van der Waals surface area contributed by atoms with Crippen LogP contribution in [-0.4, -0.2) is 23.3 Å². The van der Waals surface area contributed by atoms with Crippen LogP contribution in [0.4, 0.5) is 4.39 Å². The van der Waals surface area contributed by atoms with Crippen molar-refractivity contribution < 1.29 is 19.0 Å². The van der Waals surface area contributed by atoms with Crippen molar-refractivity contribution in [1.82, 2.24) is 0 Å². The maximum absolute atomic E-state index is 16.1. The van der Waals surface area contributed by atoms with Crippen LogP contribution in [-0.2, 0) is 15.2 Å². The lowest BCUT2D eigenvalue weighted by Crippen LogP contribution is -2.55. The first-order valence-electron chi connectivity index (χ1n) is 7.11. The van der Waals surface area contributed by atoms with Gasteiger partial charge in [0.2, 0.25) is 5.67 Å². The summed E-state index contributed by atoms with van der Waals surface area (Å²) in [5, 5.41) is 20.0. The maximum Gasteiger partial charge on any atom is 0.357 e. The van der Waals surface area contributed by atoms with Crippen molar-refractivity contribution in [3.8, 4) is 6.07 Å². The van der Waals surface area contributed by atoms with Crippen LogP contribution in [0, 0.1) is 11.3 Å². The lowest BCUT2D eigenvalue weighted by Gasteiger charge is -2.35. The molecule has 0 fully saturated rings. The molecule has 0 aliphatic carbocycles. The van der Waals surface area contributed by atoms with E-state index in [2.05, 4.69) is 0 Å². The Kier molecular flexibility index (Phi) is 4.77. The van der Waals surface area contributed by atoms with Crippen LogP contribution in [0.5, 0.6) is 0 Å². The van der Waals surface area contributed by atoms with Gasteiger partial charge in [0.1, 0.15) is 6.07 Å². The average Bonchev–Trinajstić information content (AvgIpc) is 2.61. The number of nitriles is 1. The molecule has 0 saturated carbocycles. The van der Waals surface area contributed by atoms with Gasteiger partial charge in [0.25, 0.3) is 5.60 Å². The zero-order chi connectivity index (χ0) is 16.9. The van der Waals surface area contributed by atoms with Crippen LogP contribution in [0.3, 0.4) is 0 Å². The van der Waals surface area contributed by atoms with Gasteiger partial charge in [-0.3, -0.25) is 0 Å². The fraction of sp³-hybridized carbons (Fsp3) is 0.222. The van der Waals surface area contributed by atoms with Crippen LogP contribution >= 0.6 is 0 Å². The quantitative estimate of drug-likeness (QED) is 0.680. The molecule has 1 N–H and O–H groups in total. The Balaban J connectivity index is 2.73. The molecular weight excluding hydrogens is 297 g/mol. The number of hydrogen-bond donors (Lipinski definition) is 1. The van der Waals surface area contributed by atoms with E-state index in [4.69, 9.17) is 4.74 Å². The Bertz CT molecular complexity index is 673. The summed E-state index contributed by atoms with van der Waals surface area (Å²) in [5.74, 6) is -1.32. The molecule has 5 heteroatoms. The van der Waals surface area contributed by atoms with Crippen molar-refractivity contribution in [1.29, 1.82) is 5.26 Å². The van der Waals surface area contributed by atoms with Crippen molar-refractivity contribution >= 4 is 5.97 Å². The second kappa shape index (κ2) is 6.59. The molecule has 118 valence electrons. The number of aliphatic hydroxyl groups is 1. The highest BCUT2D eigenvalue weighted by Gasteiger charge is 2.61. The highest BCUT2D eigenvalue weighted by Crippen LogP contribution is 2.43. The Morgan fingerprint density at radius 1 is 1.13 bits per heavy atom. The number of halogens is 1. The van der Waals surface area contributed by atoms with Gasteiger partial charge in [-0.2, -0.15) is 5.26 Å². The minimum atomic E-state index is -3.01. The molecule has 1 unspecified atom stereocenters. The minimum Gasteiger partial charge on any atom is -0.463 e. The van der Waals surface area contributed by atoms with Crippen LogP contribution < -0.4 is 0 Å². The Morgan fingerprint density at radius 2 is 1.57 bits per heavy atom. The molecule has 2 aromatic rings. The van der Waals surface area contributed by atoms with Gasteiger partial charge >= 0.3 is 5.97 Å². The van der Waals surface area contributed by atoms with Crippen LogP contribution in [0.1, 0.15) is 18.1 Å². The molecule has 23 heavy (non-hydrogen) atoms. The zero-order valence-electron chi connectivity index (χ0n) is 12.6. The lowest BCUT2D eigenvalue weighted by molar-refractivity contribution is -0.171. The first kappa shape index (κ1) is 16.7. The summed E-state index contributed by atoms with van der Waals surface area (Å²) >= 11 is 0. The maximum atomic E-state index is 16.1. The summed E-state index contributed by atoms with van der Waals surface area (Å²) in [6.07, 6.45) is 0. The van der Waals surface area contributed by atoms with Crippen molar-refractivity contribution in [2.75, 3.05) is 6.61 Å². The van der Waals surface area contributed by atoms with E-state index < -0.39 is 17.2 Å². The van der Waals surface area contributed by atoms with Gasteiger partial charge in [0.05, 0.1) is 6.61 Å². The predicted octanol–water partition coefficient (Wildman–Crippen LogP) is 2.72. The Hall–Kier alpha value is -2.71.